The minimum Gasteiger partial charge on any atom is -0.495 e. The Labute approximate surface area is 121 Å². The summed E-state index contributed by atoms with van der Waals surface area (Å²) in [4.78, 5) is 0. The van der Waals surface area contributed by atoms with Crippen LogP contribution >= 0.6 is 27.5 Å². The van der Waals surface area contributed by atoms with E-state index in [-0.39, 0.29) is 6.61 Å². The summed E-state index contributed by atoms with van der Waals surface area (Å²) in [6.45, 7) is -1.63. The fourth-order valence-electron chi connectivity index (χ4n) is 1.46. The molecule has 0 aliphatic heterocycles. The molecule has 2 N–H and O–H groups in total. The first-order valence-corrected chi connectivity index (χ1v) is 6.34. The molecule has 1 unspecified atom stereocenters. The van der Waals surface area contributed by atoms with Crippen LogP contribution in [0.25, 0.3) is 0 Å². The second-order valence-electron chi connectivity index (χ2n) is 3.75. The van der Waals surface area contributed by atoms with Crippen LogP contribution in [-0.2, 0) is 4.74 Å². The van der Waals surface area contributed by atoms with Crippen LogP contribution in [0.5, 0.6) is 5.75 Å². The van der Waals surface area contributed by atoms with Crippen molar-refractivity contribution in [3.8, 4) is 5.75 Å². The zero-order valence-electron chi connectivity index (χ0n) is 9.93. The Balaban J connectivity index is 2.79. The highest BCUT2D eigenvalue weighted by Gasteiger charge is 2.28. The number of methoxy groups -OCH3 is 1. The van der Waals surface area contributed by atoms with Crippen molar-refractivity contribution in [1.29, 1.82) is 0 Å². The van der Waals surface area contributed by atoms with Gasteiger partial charge in [-0.3, -0.25) is 0 Å². The maximum atomic E-state index is 12.0. The zero-order chi connectivity index (χ0) is 14.6. The van der Waals surface area contributed by atoms with Crippen molar-refractivity contribution in [3.05, 3.63) is 27.2 Å². The molecule has 8 heteroatoms. The van der Waals surface area contributed by atoms with Gasteiger partial charge in [-0.1, -0.05) is 11.6 Å². The Morgan fingerprint density at radius 2 is 2.05 bits per heavy atom. The van der Waals surface area contributed by atoms with Crippen LogP contribution < -0.4 is 10.5 Å². The van der Waals surface area contributed by atoms with E-state index in [1.54, 1.807) is 6.07 Å². The quantitative estimate of drug-likeness (QED) is 0.869. The summed E-state index contributed by atoms with van der Waals surface area (Å²) in [5, 5.41) is 0.397. The average Bonchev–Trinajstić information content (AvgIpc) is 2.26. The molecule has 0 heterocycles. The van der Waals surface area contributed by atoms with Gasteiger partial charge in [0, 0.05) is 10.6 Å². The Kier molecular flexibility index (Phi) is 5.91. The van der Waals surface area contributed by atoms with E-state index in [2.05, 4.69) is 20.7 Å². The van der Waals surface area contributed by atoms with Gasteiger partial charge < -0.3 is 15.2 Å². The molecule has 0 radical (unpaired) electrons. The van der Waals surface area contributed by atoms with Gasteiger partial charge in [0.15, 0.2) is 0 Å². The van der Waals surface area contributed by atoms with Crippen LogP contribution in [0.1, 0.15) is 11.6 Å². The third kappa shape index (κ3) is 5.18. The number of ether oxygens (including phenoxy) is 2. The van der Waals surface area contributed by atoms with Crippen molar-refractivity contribution in [2.45, 2.75) is 12.2 Å². The molecule has 0 spiro atoms. The molecular weight excluding hydrogens is 350 g/mol. The van der Waals surface area contributed by atoms with Gasteiger partial charge in [0.05, 0.1) is 24.2 Å². The standard InChI is InChI=1S/C11H12BrClF3NO2/c1-18-10-7(2-6(13)3-8(10)12)9(17)4-19-5-11(14,15)16/h2-3,9H,4-5,17H2,1H3. The minimum absolute atomic E-state index is 0.289. The summed E-state index contributed by atoms with van der Waals surface area (Å²) in [6, 6.07) is 2.37. The van der Waals surface area contributed by atoms with Crippen molar-refractivity contribution in [2.24, 2.45) is 5.73 Å². The molecule has 0 aliphatic carbocycles. The number of halogens is 5. The van der Waals surface area contributed by atoms with Crippen LogP contribution in [-0.4, -0.2) is 26.5 Å². The monoisotopic (exact) mass is 361 g/mol. The predicted molar refractivity (Wildman–Crippen MR) is 69.5 cm³/mol. The lowest BCUT2D eigenvalue weighted by atomic mass is 10.1. The van der Waals surface area contributed by atoms with Crippen molar-refractivity contribution < 1.29 is 22.6 Å². The first kappa shape index (κ1) is 16.6. The zero-order valence-corrected chi connectivity index (χ0v) is 12.3. The molecule has 0 saturated carbocycles. The molecule has 1 aromatic rings. The van der Waals surface area contributed by atoms with Crippen LogP contribution in [0.2, 0.25) is 5.02 Å². The lowest BCUT2D eigenvalue weighted by Crippen LogP contribution is -2.23. The molecule has 19 heavy (non-hydrogen) atoms. The lowest BCUT2D eigenvalue weighted by molar-refractivity contribution is -0.174. The van der Waals surface area contributed by atoms with E-state index in [9.17, 15) is 13.2 Å². The van der Waals surface area contributed by atoms with E-state index in [4.69, 9.17) is 22.1 Å². The minimum atomic E-state index is -4.38. The predicted octanol–water partition coefficient (Wildman–Crippen LogP) is 3.69. The second-order valence-corrected chi connectivity index (χ2v) is 5.04. The SMILES string of the molecule is COc1c(Br)cc(Cl)cc1C(N)COCC(F)(F)F. The van der Waals surface area contributed by atoms with Gasteiger partial charge >= 0.3 is 6.18 Å². The third-order valence-electron chi connectivity index (χ3n) is 2.20. The van der Waals surface area contributed by atoms with Crippen molar-refractivity contribution in [2.75, 3.05) is 20.3 Å². The molecule has 0 fully saturated rings. The normalized spacial score (nSPS) is 13.4. The Hall–Kier alpha value is -0.500. The number of hydrogen-bond acceptors (Lipinski definition) is 3. The molecule has 0 amide bonds. The van der Waals surface area contributed by atoms with E-state index in [1.165, 1.54) is 13.2 Å². The molecule has 1 atom stereocenters. The fourth-order valence-corrected chi connectivity index (χ4v) is 2.46. The number of nitrogens with two attached hydrogens (primary N) is 1. The maximum absolute atomic E-state index is 12.0. The summed E-state index contributed by atoms with van der Waals surface area (Å²) < 4.78 is 46.1. The van der Waals surface area contributed by atoms with Crippen LogP contribution in [0.15, 0.2) is 16.6 Å². The number of alkyl halides is 3. The second kappa shape index (κ2) is 6.78. The molecule has 1 rings (SSSR count). The van der Waals surface area contributed by atoms with E-state index in [0.29, 0.717) is 20.8 Å². The third-order valence-corrected chi connectivity index (χ3v) is 3.01. The molecule has 108 valence electrons. The Bertz CT molecular complexity index is 443. The highest BCUT2D eigenvalue weighted by molar-refractivity contribution is 9.10. The molecule has 3 nitrogen and oxygen atoms in total. The topological polar surface area (TPSA) is 44.5 Å². The number of benzene rings is 1. The smallest absolute Gasteiger partial charge is 0.411 e. The van der Waals surface area contributed by atoms with Gasteiger partial charge in [0.1, 0.15) is 12.4 Å². The number of rotatable bonds is 5. The highest BCUT2D eigenvalue weighted by Crippen LogP contribution is 2.35. The molecule has 0 saturated heterocycles. The van der Waals surface area contributed by atoms with Gasteiger partial charge in [-0.05, 0) is 28.1 Å². The van der Waals surface area contributed by atoms with E-state index in [1.807, 2.05) is 0 Å². The summed E-state index contributed by atoms with van der Waals surface area (Å²) in [6.07, 6.45) is -4.38. The summed E-state index contributed by atoms with van der Waals surface area (Å²) in [5.41, 5.74) is 6.26. The van der Waals surface area contributed by atoms with Gasteiger partial charge in [0.25, 0.3) is 0 Å². The molecular formula is C11H12BrClF3NO2. The van der Waals surface area contributed by atoms with Crippen molar-refractivity contribution >= 4 is 27.5 Å². The Morgan fingerprint density at radius 3 is 2.58 bits per heavy atom. The van der Waals surface area contributed by atoms with Gasteiger partial charge in [-0.25, -0.2) is 0 Å². The highest BCUT2D eigenvalue weighted by atomic mass is 79.9. The van der Waals surface area contributed by atoms with E-state index < -0.39 is 18.8 Å². The van der Waals surface area contributed by atoms with Gasteiger partial charge in [-0.15, -0.1) is 0 Å². The van der Waals surface area contributed by atoms with Crippen LogP contribution in [0.4, 0.5) is 13.2 Å². The summed E-state index contributed by atoms with van der Waals surface area (Å²) in [5.74, 6) is 0.424. The van der Waals surface area contributed by atoms with Crippen LogP contribution in [0, 0.1) is 0 Å². The van der Waals surface area contributed by atoms with Gasteiger partial charge in [-0.2, -0.15) is 13.2 Å². The first-order chi connectivity index (χ1) is 8.74. The summed E-state index contributed by atoms with van der Waals surface area (Å²) in [7, 11) is 1.43. The van der Waals surface area contributed by atoms with Crippen molar-refractivity contribution in [3.63, 3.8) is 0 Å². The first-order valence-electron chi connectivity index (χ1n) is 5.17. The average molecular weight is 363 g/mol. The molecule has 1 aromatic carbocycles. The van der Waals surface area contributed by atoms with E-state index in [0.717, 1.165) is 0 Å². The number of hydrogen-bond donors (Lipinski definition) is 1. The Morgan fingerprint density at radius 1 is 1.42 bits per heavy atom. The molecule has 0 aliphatic rings. The fraction of sp³-hybridized carbons (Fsp3) is 0.455. The molecule has 0 bridgehead atoms. The van der Waals surface area contributed by atoms with E-state index >= 15 is 0 Å². The van der Waals surface area contributed by atoms with Gasteiger partial charge in [0.2, 0.25) is 0 Å². The summed E-state index contributed by atoms with van der Waals surface area (Å²) >= 11 is 9.11. The largest absolute Gasteiger partial charge is 0.495 e. The maximum Gasteiger partial charge on any atom is 0.411 e. The van der Waals surface area contributed by atoms with Crippen LogP contribution in [0.3, 0.4) is 0 Å². The lowest BCUT2D eigenvalue weighted by Gasteiger charge is -2.18. The molecule has 0 aromatic heterocycles. The van der Waals surface area contributed by atoms with Crippen molar-refractivity contribution in [1.82, 2.24) is 0 Å².